The molecule has 2 amide bonds. The van der Waals surface area contributed by atoms with Crippen molar-refractivity contribution in [1.82, 2.24) is 25.0 Å². The maximum absolute atomic E-state index is 13.1. The number of benzene rings is 1. The molecule has 2 aromatic heterocycles. The lowest BCUT2D eigenvalue weighted by Crippen LogP contribution is -2.49. The summed E-state index contributed by atoms with van der Waals surface area (Å²) in [7, 11) is 1.21. The number of rotatable bonds is 8. The van der Waals surface area contributed by atoms with Crippen molar-refractivity contribution >= 4 is 57.7 Å². The molecule has 36 heavy (non-hydrogen) atoms. The van der Waals surface area contributed by atoms with E-state index < -0.39 is 29.6 Å². The van der Waals surface area contributed by atoms with Gasteiger partial charge in [-0.25, -0.2) is 19.6 Å². The smallest absolute Gasteiger partial charge is 0.407 e. The second-order valence-electron chi connectivity index (χ2n) is 8.83. The number of hydrogen-bond acceptors (Lipinski definition) is 8. The third-order valence-electron chi connectivity index (χ3n) is 5.02. The van der Waals surface area contributed by atoms with Gasteiger partial charge in [0, 0.05) is 23.6 Å². The number of esters is 1. The SMILES string of the molecule is CCc1cc(Nc2nccn3c(I)cnc23)ccc1C(=O)N[C@H](CNC(=O)OC(C)(C)C)C(=O)OC. The van der Waals surface area contributed by atoms with Crippen LogP contribution in [0.3, 0.4) is 0 Å². The van der Waals surface area contributed by atoms with Crippen LogP contribution in [-0.2, 0) is 20.7 Å². The van der Waals surface area contributed by atoms with Crippen LogP contribution in [0.15, 0.2) is 36.8 Å². The number of hydrogen-bond donors (Lipinski definition) is 3. The molecule has 0 aliphatic rings. The fraction of sp³-hybridized carbons (Fsp3) is 0.375. The number of amides is 2. The Balaban J connectivity index is 1.75. The summed E-state index contributed by atoms with van der Waals surface area (Å²) in [5.74, 6) is -0.578. The van der Waals surface area contributed by atoms with Gasteiger partial charge in [0.1, 0.15) is 15.3 Å². The number of aromatic nitrogens is 3. The summed E-state index contributed by atoms with van der Waals surface area (Å²) in [6.07, 6.45) is 5.13. The molecule has 0 spiro atoms. The van der Waals surface area contributed by atoms with Gasteiger partial charge < -0.3 is 25.4 Å². The number of nitrogens with one attached hydrogen (secondary N) is 3. The van der Waals surface area contributed by atoms with Crippen molar-refractivity contribution in [3.63, 3.8) is 0 Å². The number of fused-ring (bicyclic) bond motifs is 1. The zero-order valence-corrected chi connectivity index (χ0v) is 22.9. The Hall–Kier alpha value is -3.42. The Kier molecular flexibility index (Phi) is 8.71. The van der Waals surface area contributed by atoms with Crippen LogP contribution in [0.2, 0.25) is 0 Å². The Bertz CT molecular complexity index is 1270. The minimum Gasteiger partial charge on any atom is -0.467 e. The number of carbonyl (C=O) groups is 3. The number of halogens is 1. The molecule has 12 heteroatoms. The molecule has 3 rings (SSSR count). The number of imidazole rings is 1. The van der Waals surface area contributed by atoms with Gasteiger partial charge in [-0.15, -0.1) is 0 Å². The van der Waals surface area contributed by atoms with E-state index in [-0.39, 0.29) is 6.54 Å². The van der Waals surface area contributed by atoms with E-state index in [0.717, 1.165) is 15.0 Å². The molecule has 1 atom stereocenters. The van der Waals surface area contributed by atoms with Crippen molar-refractivity contribution in [2.75, 3.05) is 19.0 Å². The highest BCUT2D eigenvalue weighted by Gasteiger charge is 2.25. The number of alkyl carbamates (subject to hydrolysis) is 1. The van der Waals surface area contributed by atoms with Crippen molar-refractivity contribution < 1.29 is 23.9 Å². The van der Waals surface area contributed by atoms with E-state index in [1.165, 1.54) is 7.11 Å². The fourth-order valence-corrected chi connectivity index (χ4v) is 3.90. The molecule has 0 saturated carbocycles. The first-order valence-electron chi connectivity index (χ1n) is 11.3. The summed E-state index contributed by atoms with van der Waals surface area (Å²) < 4.78 is 12.8. The van der Waals surface area contributed by atoms with Crippen molar-refractivity contribution in [2.45, 2.75) is 45.8 Å². The van der Waals surface area contributed by atoms with Crippen LogP contribution >= 0.6 is 22.6 Å². The van der Waals surface area contributed by atoms with E-state index in [0.29, 0.717) is 23.4 Å². The first-order valence-corrected chi connectivity index (χ1v) is 12.3. The van der Waals surface area contributed by atoms with E-state index in [1.54, 1.807) is 45.3 Å². The maximum atomic E-state index is 13.1. The summed E-state index contributed by atoms with van der Waals surface area (Å²) in [5, 5.41) is 8.39. The Morgan fingerprint density at radius 2 is 1.94 bits per heavy atom. The van der Waals surface area contributed by atoms with Crippen LogP contribution in [0.4, 0.5) is 16.3 Å². The summed E-state index contributed by atoms with van der Waals surface area (Å²) >= 11 is 2.19. The second kappa shape index (κ2) is 11.5. The highest BCUT2D eigenvalue weighted by molar-refractivity contribution is 14.1. The van der Waals surface area contributed by atoms with Crippen molar-refractivity contribution in [3.05, 3.63) is 51.6 Å². The monoisotopic (exact) mass is 608 g/mol. The lowest BCUT2D eigenvalue weighted by Gasteiger charge is -2.22. The predicted octanol–water partition coefficient (Wildman–Crippen LogP) is 3.44. The van der Waals surface area contributed by atoms with Gasteiger partial charge in [-0.2, -0.15) is 0 Å². The highest BCUT2D eigenvalue weighted by atomic mass is 127. The van der Waals surface area contributed by atoms with E-state index in [4.69, 9.17) is 9.47 Å². The fourth-order valence-electron chi connectivity index (χ4n) is 3.37. The van der Waals surface area contributed by atoms with Gasteiger partial charge in [0.15, 0.2) is 11.5 Å². The van der Waals surface area contributed by atoms with Crippen LogP contribution in [0, 0.1) is 3.70 Å². The molecule has 3 N–H and O–H groups in total. The van der Waals surface area contributed by atoms with Crippen molar-refractivity contribution in [1.29, 1.82) is 0 Å². The lowest BCUT2D eigenvalue weighted by atomic mass is 10.0. The zero-order valence-electron chi connectivity index (χ0n) is 20.7. The van der Waals surface area contributed by atoms with Gasteiger partial charge in [0.05, 0.1) is 19.9 Å². The van der Waals surface area contributed by atoms with Crippen LogP contribution in [0.1, 0.15) is 43.6 Å². The van der Waals surface area contributed by atoms with Crippen LogP contribution in [0.25, 0.3) is 5.65 Å². The average molecular weight is 608 g/mol. The Labute approximate surface area is 222 Å². The number of carbonyl (C=O) groups excluding carboxylic acids is 3. The second-order valence-corrected chi connectivity index (χ2v) is 9.94. The van der Waals surface area contributed by atoms with Gasteiger partial charge in [0.2, 0.25) is 0 Å². The van der Waals surface area contributed by atoms with Gasteiger partial charge in [-0.1, -0.05) is 6.92 Å². The van der Waals surface area contributed by atoms with Crippen LogP contribution in [0.5, 0.6) is 0 Å². The highest BCUT2D eigenvalue weighted by Crippen LogP contribution is 2.23. The molecule has 0 saturated heterocycles. The van der Waals surface area contributed by atoms with Gasteiger partial charge >= 0.3 is 12.1 Å². The number of anilines is 2. The van der Waals surface area contributed by atoms with Crippen LogP contribution < -0.4 is 16.0 Å². The Morgan fingerprint density at radius 1 is 1.19 bits per heavy atom. The number of ether oxygens (including phenoxy) is 2. The molecule has 0 unspecified atom stereocenters. The quantitative estimate of drug-likeness (QED) is 0.262. The van der Waals surface area contributed by atoms with E-state index >= 15 is 0 Å². The molecule has 1 aromatic carbocycles. The van der Waals surface area contributed by atoms with Crippen molar-refractivity contribution in [2.24, 2.45) is 0 Å². The third kappa shape index (κ3) is 6.83. The van der Waals surface area contributed by atoms with Gasteiger partial charge in [-0.05, 0) is 73.5 Å². The van der Waals surface area contributed by atoms with Crippen molar-refractivity contribution in [3.8, 4) is 0 Å². The zero-order chi connectivity index (χ0) is 26.5. The first-order chi connectivity index (χ1) is 17.0. The molecule has 0 radical (unpaired) electrons. The van der Waals surface area contributed by atoms with E-state index in [1.807, 2.05) is 23.6 Å². The largest absolute Gasteiger partial charge is 0.467 e. The number of nitrogens with zero attached hydrogens (tertiary/aromatic N) is 3. The first kappa shape index (κ1) is 27.2. The molecule has 0 aliphatic carbocycles. The molecular weight excluding hydrogens is 579 g/mol. The predicted molar refractivity (Wildman–Crippen MR) is 142 cm³/mol. The molecule has 3 aromatic rings. The molecular formula is C24H29IN6O5. The molecule has 0 fully saturated rings. The topological polar surface area (TPSA) is 136 Å². The van der Waals surface area contributed by atoms with Crippen LogP contribution in [-0.4, -0.2) is 57.6 Å². The molecule has 2 heterocycles. The Morgan fingerprint density at radius 3 is 2.61 bits per heavy atom. The van der Waals surface area contributed by atoms with E-state index in [2.05, 4.69) is 48.5 Å². The molecule has 192 valence electrons. The maximum Gasteiger partial charge on any atom is 0.407 e. The average Bonchev–Trinajstić information content (AvgIpc) is 3.21. The normalized spacial score (nSPS) is 12.1. The summed E-state index contributed by atoms with van der Waals surface area (Å²) in [4.78, 5) is 46.1. The minimum absolute atomic E-state index is 0.187. The molecule has 0 aliphatic heterocycles. The standard InChI is InChI=1S/C24H29IN6O5/c1-6-14-11-15(29-19-20-27-13-18(25)31(20)10-9-26-19)7-8-16(14)21(32)30-17(22(33)35-5)12-28-23(34)36-24(2,3)4/h7-11,13,17H,6,12H2,1-5H3,(H,26,29)(H,28,34)(H,30,32)/t17-/m1/s1. The minimum atomic E-state index is -1.10. The number of aryl methyl sites for hydroxylation is 1. The van der Waals surface area contributed by atoms with E-state index in [9.17, 15) is 14.4 Å². The third-order valence-corrected chi connectivity index (χ3v) is 5.82. The summed E-state index contributed by atoms with van der Waals surface area (Å²) in [6.45, 7) is 6.91. The molecule has 11 nitrogen and oxygen atoms in total. The van der Waals surface area contributed by atoms with Gasteiger partial charge in [0.25, 0.3) is 5.91 Å². The lowest BCUT2D eigenvalue weighted by molar-refractivity contribution is -0.142. The number of methoxy groups -OCH3 is 1. The summed E-state index contributed by atoms with van der Waals surface area (Å²) in [5.41, 5.74) is 1.87. The molecule has 0 bridgehead atoms. The summed E-state index contributed by atoms with van der Waals surface area (Å²) in [6, 6.07) is 4.17. The van der Waals surface area contributed by atoms with Gasteiger partial charge in [-0.3, -0.25) is 9.20 Å².